The zero-order valence-electron chi connectivity index (χ0n) is 14.6. The molecule has 0 amide bonds. The summed E-state index contributed by atoms with van der Waals surface area (Å²) in [4.78, 5) is 13.3. The molecule has 1 saturated heterocycles. The molecule has 1 aromatic heterocycles. The summed E-state index contributed by atoms with van der Waals surface area (Å²) in [5, 5.41) is 10.6. The van der Waals surface area contributed by atoms with Gasteiger partial charge in [-0.05, 0) is 24.6 Å². The normalized spacial score (nSPS) is 17.8. The van der Waals surface area contributed by atoms with Crippen LogP contribution in [0.3, 0.4) is 0 Å². The lowest BCUT2D eigenvalue weighted by molar-refractivity contribution is 0.106. The molecule has 3 rings (SSSR count). The quantitative estimate of drug-likeness (QED) is 0.844. The summed E-state index contributed by atoms with van der Waals surface area (Å²) < 4.78 is 23.7. The Balaban J connectivity index is 1.84. The molecule has 7 nitrogen and oxygen atoms in total. The van der Waals surface area contributed by atoms with Crippen molar-refractivity contribution in [1.29, 1.82) is 0 Å². The van der Waals surface area contributed by atoms with E-state index < -0.39 is 9.84 Å². The minimum absolute atomic E-state index is 0.278. The maximum atomic E-state index is 11.9. The van der Waals surface area contributed by atoms with Gasteiger partial charge >= 0.3 is 0 Å². The summed E-state index contributed by atoms with van der Waals surface area (Å²) >= 11 is 0. The van der Waals surface area contributed by atoms with E-state index in [0.717, 1.165) is 49.3 Å². The van der Waals surface area contributed by atoms with Gasteiger partial charge in [0.05, 0.1) is 16.5 Å². The molecule has 0 aliphatic carbocycles. The molecule has 2 aromatic rings. The van der Waals surface area contributed by atoms with Gasteiger partial charge < -0.3 is 10.0 Å². The number of nitrogens with zero attached hydrogens (tertiary/aromatic N) is 4. The molecule has 0 spiro atoms. The molecule has 1 aliphatic rings. The van der Waals surface area contributed by atoms with E-state index in [1.54, 1.807) is 18.2 Å². The lowest BCUT2D eigenvalue weighted by Crippen LogP contribution is -2.48. The lowest BCUT2D eigenvalue weighted by Gasteiger charge is -2.36. The van der Waals surface area contributed by atoms with Crippen molar-refractivity contribution in [3.63, 3.8) is 0 Å². The Morgan fingerprint density at radius 3 is 2.56 bits per heavy atom. The second kappa shape index (κ2) is 7.23. The number of aromatic nitrogens is 2. The molecule has 0 unspecified atom stereocenters. The zero-order valence-corrected chi connectivity index (χ0v) is 15.4. The summed E-state index contributed by atoms with van der Waals surface area (Å²) in [5.41, 5.74) is 0.737. The van der Waals surface area contributed by atoms with Crippen LogP contribution in [0, 0.1) is 0 Å². The van der Waals surface area contributed by atoms with Crippen molar-refractivity contribution in [1.82, 2.24) is 14.9 Å². The largest absolute Gasteiger partial charge is 0.392 e. The maximum absolute atomic E-state index is 11.9. The van der Waals surface area contributed by atoms with Crippen LogP contribution < -0.4 is 4.90 Å². The van der Waals surface area contributed by atoms with E-state index in [9.17, 15) is 13.5 Å². The van der Waals surface area contributed by atoms with Crippen molar-refractivity contribution in [3.05, 3.63) is 24.5 Å². The first kappa shape index (κ1) is 18.0. The molecule has 0 bridgehead atoms. The maximum Gasteiger partial charge on any atom is 0.175 e. The van der Waals surface area contributed by atoms with E-state index in [4.69, 9.17) is 0 Å². The topological polar surface area (TPSA) is 86.6 Å². The number of aliphatic hydroxyl groups excluding tert-OH is 1. The van der Waals surface area contributed by atoms with Gasteiger partial charge in [-0.2, -0.15) is 0 Å². The lowest BCUT2D eigenvalue weighted by atomic mass is 10.2. The van der Waals surface area contributed by atoms with Crippen LogP contribution in [-0.4, -0.2) is 73.5 Å². The van der Waals surface area contributed by atoms with Crippen LogP contribution in [0.1, 0.15) is 13.3 Å². The van der Waals surface area contributed by atoms with Gasteiger partial charge in [0, 0.05) is 44.4 Å². The minimum atomic E-state index is -3.28. The van der Waals surface area contributed by atoms with E-state index >= 15 is 0 Å². The SMILES string of the molecule is CC[C@@H](O)CN1CCN(c2ncnc3ccc(S(C)(=O)=O)cc23)CC1. The van der Waals surface area contributed by atoms with Gasteiger partial charge in [0.1, 0.15) is 12.1 Å². The first-order chi connectivity index (χ1) is 11.9. The van der Waals surface area contributed by atoms with E-state index in [-0.39, 0.29) is 11.0 Å². The molecule has 1 aromatic carbocycles. The molecular weight excluding hydrogens is 340 g/mol. The smallest absolute Gasteiger partial charge is 0.175 e. The Morgan fingerprint density at radius 1 is 1.20 bits per heavy atom. The van der Waals surface area contributed by atoms with Gasteiger partial charge in [-0.15, -0.1) is 0 Å². The average Bonchev–Trinajstić information content (AvgIpc) is 2.60. The third-order valence-corrected chi connectivity index (χ3v) is 5.74. The molecule has 1 aliphatic heterocycles. The number of β-amino-alcohol motifs (C(OH)–C–C–N with tert-alkyl or cyclic N) is 1. The molecule has 136 valence electrons. The molecule has 1 atom stereocenters. The predicted octanol–water partition coefficient (Wildman–Crippen LogP) is 0.926. The Bertz CT molecular complexity index is 848. The minimum Gasteiger partial charge on any atom is -0.392 e. The highest BCUT2D eigenvalue weighted by Crippen LogP contribution is 2.26. The highest BCUT2D eigenvalue weighted by molar-refractivity contribution is 7.90. The molecule has 1 fully saturated rings. The fourth-order valence-electron chi connectivity index (χ4n) is 3.07. The highest BCUT2D eigenvalue weighted by Gasteiger charge is 2.21. The van der Waals surface area contributed by atoms with Crippen molar-refractivity contribution in [2.75, 3.05) is 43.9 Å². The fourth-order valence-corrected chi connectivity index (χ4v) is 3.72. The fraction of sp³-hybridized carbons (Fsp3) is 0.529. The van der Waals surface area contributed by atoms with Crippen LogP contribution in [0.25, 0.3) is 10.9 Å². The van der Waals surface area contributed by atoms with Gasteiger partial charge in [0.25, 0.3) is 0 Å². The second-order valence-electron chi connectivity index (χ2n) is 6.50. The standard InChI is InChI=1S/C17H24N4O3S/c1-3-13(22)11-20-6-8-21(9-7-20)17-15-10-14(25(2,23)24)4-5-16(15)18-12-19-17/h4-5,10,12-13,22H,3,6-9,11H2,1-2H3/t13-/m1/s1. The number of fused-ring (bicyclic) bond motifs is 1. The van der Waals surface area contributed by atoms with Gasteiger partial charge in [0.2, 0.25) is 0 Å². The van der Waals surface area contributed by atoms with Crippen molar-refractivity contribution in [2.24, 2.45) is 0 Å². The molecule has 0 saturated carbocycles. The van der Waals surface area contributed by atoms with Crippen LogP contribution >= 0.6 is 0 Å². The van der Waals surface area contributed by atoms with Crippen LogP contribution in [0.2, 0.25) is 0 Å². The van der Waals surface area contributed by atoms with E-state index in [1.165, 1.54) is 12.6 Å². The van der Waals surface area contributed by atoms with Crippen LogP contribution in [0.15, 0.2) is 29.4 Å². The van der Waals surface area contributed by atoms with E-state index in [1.807, 2.05) is 6.92 Å². The Morgan fingerprint density at radius 2 is 1.92 bits per heavy atom. The number of anilines is 1. The van der Waals surface area contributed by atoms with E-state index in [2.05, 4.69) is 19.8 Å². The third-order valence-electron chi connectivity index (χ3n) is 4.63. The Labute approximate surface area is 148 Å². The molecule has 25 heavy (non-hydrogen) atoms. The second-order valence-corrected chi connectivity index (χ2v) is 8.51. The summed E-state index contributed by atoms with van der Waals surface area (Å²) in [7, 11) is -3.28. The summed E-state index contributed by atoms with van der Waals surface area (Å²) in [6, 6.07) is 4.97. The zero-order chi connectivity index (χ0) is 18.0. The van der Waals surface area contributed by atoms with Crippen LogP contribution in [-0.2, 0) is 9.84 Å². The van der Waals surface area contributed by atoms with Crippen molar-refractivity contribution in [3.8, 4) is 0 Å². The van der Waals surface area contributed by atoms with Crippen LogP contribution in [0.4, 0.5) is 5.82 Å². The monoisotopic (exact) mass is 364 g/mol. The number of hydrogen-bond acceptors (Lipinski definition) is 7. The number of benzene rings is 1. The van der Waals surface area contributed by atoms with Gasteiger partial charge in [0.15, 0.2) is 9.84 Å². The van der Waals surface area contributed by atoms with Crippen molar-refractivity contribution in [2.45, 2.75) is 24.3 Å². The molecular formula is C17H24N4O3S. The van der Waals surface area contributed by atoms with Crippen molar-refractivity contribution >= 4 is 26.6 Å². The molecule has 8 heteroatoms. The molecule has 0 radical (unpaired) electrons. The molecule has 2 heterocycles. The molecule has 1 N–H and O–H groups in total. The summed E-state index contributed by atoms with van der Waals surface area (Å²) in [6.07, 6.45) is 3.19. The number of aliphatic hydroxyl groups is 1. The van der Waals surface area contributed by atoms with E-state index in [0.29, 0.717) is 6.54 Å². The average molecular weight is 364 g/mol. The Hall–Kier alpha value is -1.77. The third kappa shape index (κ3) is 4.08. The van der Waals surface area contributed by atoms with Crippen LogP contribution in [0.5, 0.6) is 0 Å². The highest BCUT2D eigenvalue weighted by atomic mass is 32.2. The summed E-state index contributed by atoms with van der Waals surface area (Å²) in [6.45, 7) is 5.92. The van der Waals surface area contributed by atoms with Gasteiger partial charge in [-0.25, -0.2) is 18.4 Å². The number of hydrogen-bond donors (Lipinski definition) is 1. The number of piperazine rings is 1. The van der Waals surface area contributed by atoms with Gasteiger partial charge in [-0.1, -0.05) is 6.92 Å². The summed E-state index contributed by atoms with van der Waals surface area (Å²) in [5.74, 6) is 0.770. The number of rotatable bonds is 5. The first-order valence-corrected chi connectivity index (χ1v) is 10.4. The first-order valence-electron chi connectivity index (χ1n) is 8.48. The van der Waals surface area contributed by atoms with Crippen molar-refractivity contribution < 1.29 is 13.5 Å². The number of sulfone groups is 1. The predicted molar refractivity (Wildman–Crippen MR) is 97.6 cm³/mol. The Kier molecular flexibility index (Phi) is 5.21. The van der Waals surface area contributed by atoms with Gasteiger partial charge in [-0.3, -0.25) is 4.90 Å².